The maximum atomic E-state index is 12.5. The van der Waals surface area contributed by atoms with Gasteiger partial charge in [0.05, 0.1) is 7.11 Å². The van der Waals surface area contributed by atoms with E-state index < -0.39 is 0 Å². The number of hydrogen-bond acceptors (Lipinski definition) is 2. The predicted molar refractivity (Wildman–Crippen MR) is 79.4 cm³/mol. The van der Waals surface area contributed by atoms with Crippen LogP contribution in [0.2, 0.25) is 0 Å². The summed E-state index contributed by atoms with van der Waals surface area (Å²) in [5.74, 6) is 1.48. The molecule has 2 heteroatoms. The third-order valence-corrected chi connectivity index (χ3v) is 4.27. The summed E-state index contributed by atoms with van der Waals surface area (Å²) in [5.41, 5.74) is 3.28. The molecule has 0 amide bonds. The van der Waals surface area contributed by atoms with E-state index in [0.717, 1.165) is 17.7 Å². The molecule has 0 fully saturated rings. The summed E-state index contributed by atoms with van der Waals surface area (Å²) in [6.45, 7) is 2.15. The molecule has 2 aromatic rings. The highest BCUT2D eigenvalue weighted by atomic mass is 16.5. The van der Waals surface area contributed by atoms with Gasteiger partial charge in [0, 0.05) is 11.5 Å². The van der Waals surface area contributed by atoms with Gasteiger partial charge in [-0.2, -0.15) is 0 Å². The minimum atomic E-state index is 0.0563. The molecular weight excluding hydrogens is 248 g/mol. The van der Waals surface area contributed by atoms with Crippen LogP contribution in [-0.4, -0.2) is 12.9 Å². The van der Waals surface area contributed by atoms with E-state index in [2.05, 4.69) is 13.0 Å². The van der Waals surface area contributed by atoms with Gasteiger partial charge in [-0.25, -0.2) is 0 Å². The molecule has 0 bridgehead atoms. The van der Waals surface area contributed by atoms with Crippen LogP contribution in [0.15, 0.2) is 48.5 Å². The van der Waals surface area contributed by atoms with Crippen LogP contribution >= 0.6 is 0 Å². The highest BCUT2D eigenvalue weighted by Crippen LogP contribution is 2.39. The van der Waals surface area contributed by atoms with Crippen molar-refractivity contribution in [3.8, 4) is 5.75 Å². The number of carbonyl (C=O) groups excluding carboxylic acids is 1. The van der Waals surface area contributed by atoms with Crippen molar-refractivity contribution in [2.75, 3.05) is 7.11 Å². The van der Waals surface area contributed by atoms with Gasteiger partial charge in [-0.3, -0.25) is 4.79 Å². The predicted octanol–water partition coefficient (Wildman–Crippen LogP) is 3.85. The highest BCUT2D eigenvalue weighted by Gasteiger charge is 2.36. The number of carbonyl (C=O) groups is 1. The maximum Gasteiger partial charge on any atom is 0.167 e. The lowest BCUT2D eigenvalue weighted by Gasteiger charge is -2.14. The molecule has 0 radical (unpaired) electrons. The molecule has 0 N–H and O–H groups in total. The highest BCUT2D eigenvalue weighted by molar-refractivity contribution is 6.03. The SMILES string of the molecule is COc1ccc(CC2C(=O)c3ccccc3C2C)cc1. The van der Waals surface area contributed by atoms with E-state index in [1.165, 1.54) is 11.1 Å². The first kappa shape index (κ1) is 12.9. The summed E-state index contributed by atoms with van der Waals surface area (Å²) < 4.78 is 5.17. The molecule has 0 aromatic heterocycles. The van der Waals surface area contributed by atoms with Crippen molar-refractivity contribution in [2.24, 2.45) is 5.92 Å². The molecule has 0 heterocycles. The fraction of sp³-hybridized carbons (Fsp3) is 0.278. The van der Waals surface area contributed by atoms with Gasteiger partial charge < -0.3 is 4.74 Å². The Hall–Kier alpha value is -2.09. The van der Waals surface area contributed by atoms with Crippen LogP contribution in [-0.2, 0) is 6.42 Å². The molecule has 0 saturated carbocycles. The summed E-state index contributed by atoms with van der Waals surface area (Å²) in [6.07, 6.45) is 0.790. The number of ether oxygens (including phenoxy) is 1. The van der Waals surface area contributed by atoms with Crippen LogP contribution in [0.3, 0.4) is 0 Å². The van der Waals surface area contributed by atoms with Crippen molar-refractivity contribution in [1.29, 1.82) is 0 Å². The first-order valence-electron chi connectivity index (χ1n) is 6.97. The van der Waals surface area contributed by atoms with Gasteiger partial charge in [0.25, 0.3) is 0 Å². The average molecular weight is 266 g/mol. The van der Waals surface area contributed by atoms with Crippen molar-refractivity contribution in [1.82, 2.24) is 0 Å². The van der Waals surface area contributed by atoms with Gasteiger partial charge in [-0.15, -0.1) is 0 Å². The second kappa shape index (κ2) is 5.12. The number of Topliss-reactive ketones (excluding diaryl/α,β-unsaturated/α-hetero) is 1. The van der Waals surface area contributed by atoms with Crippen LogP contribution in [0, 0.1) is 5.92 Å². The summed E-state index contributed by atoms with van der Waals surface area (Å²) in [4.78, 5) is 12.5. The molecular formula is C18H18O2. The quantitative estimate of drug-likeness (QED) is 0.843. The molecule has 20 heavy (non-hydrogen) atoms. The van der Waals surface area contributed by atoms with Gasteiger partial charge >= 0.3 is 0 Å². The minimum absolute atomic E-state index is 0.0563. The lowest BCUT2D eigenvalue weighted by molar-refractivity contribution is 0.0925. The van der Waals surface area contributed by atoms with Crippen molar-refractivity contribution >= 4 is 5.78 Å². The Morgan fingerprint density at radius 1 is 1.05 bits per heavy atom. The summed E-state index contributed by atoms with van der Waals surface area (Å²) in [7, 11) is 1.66. The zero-order valence-corrected chi connectivity index (χ0v) is 11.8. The van der Waals surface area contributed by atoms with Crippen LogP contribution in [0.5, 0.6) is 5.75 Å². The van der Waals surface area contributed by atoms with Crippen LogP contribution in [0.25, 0.3) is 0 Å². The van der Waals surface area contributed by atoms with Gasteiger partial charge in [0.15, 0.2) is 5.78 Å². The zero-order valence-electron chi connectivity index (χ0n) is 11.8. The first-order chi connectivity index (χ1) is 9.70. The van der Waals surface area contributed by atoms with Gasteiger partial charge in [-0.05, 0) is 35.6 Å². The topological polar surface area (TPSA) is 26.3 Å². The molecule has 2 atom stereocenters. The molecule has 2 nitrogen and oxygen atoms in total. The monoisotopic (exact) mass is 266 g/mol. The van der Waals surface area contributed by atoms with Crippen LogP contribution in [0.1, 0.15) is 34.3 Å². The molecule has 2 unspecified atom stereocenters. The molecule has 1 aliphatic carbocycles. The Balaban J connectivity index is 1.83. The van der Waals surface area contributed by atoms with E-state index >= 15 is 0 Å². The zero-order chi connectivity index (χ0) is 14.1. The van der Waals surface area contributed by atoms with E-state index in [9.17, 15) is 4.79 Å². The van der Waals surface area contributed by atoms with Crippen molar-refractivity contribution in [3.63, 3.8) is 0 Å². The molecule has 0 aliphatic heterocycles. The van der Waals surface area contributed by atoms with Crippen molar-refractivity contribution < 1.29 is 9.53 Å². The summed E-state index contributed by atoms with van der Waals surface area (Å²) in [6, 6.07) is 16.0. The normalized spacial score (nSPS) is 20.8. The van der Waals surface area contributed by atoms with Gasteiger partial charge in [0.2, 0.25) is 0 Å². The number of rotatable bonds is 3. The Bertz CT molecular complexity index is 628. The second-order valence-corrected chi connectivity index (χ2v) is 5.40. The fourth-order valence-corrected chi connectivity index (χ4v) is 3.05. The molecule has 2 aromatic carbocycles. The summed E-state index contributed by atoms with van der Waals surface area (Å²) in [5, 5.41) is 0. The van der Waals surface area contributed by atoms with Crippen molar-refractivity contribution in [2.45, 2.75) is 19.3 Å². The van der Waals surface area contributed by atoms with Gasteiger partial charge in [-0.1, -0.05) is 43.3 Å². The standard InChI is InChI=1S/C18H18O2/c1-12-15-5-3-4-6-16(15)18(19)17(12)11-13-7-9-14(20-2)10-8-13/h3-10,12,17H,11H2,1-2H3. The number of hydrogen-bond donors (Lipinski definition) is 0. The Labute approximate surface area is 119 Å². The smallest absolute Gasteiger partial charge is 0.167 e. The largest absolute Gasteiger partial charge is 0.497 e. The van der Waals surface area contributed by atoms with Crippen LogP contribution < -0.4 is 4.74 Å². The first-order valence-corrected chi connectivity index (χ1v) is 6.97. The number of ketones is 1. The fourth-order valence-electron chi connectivity index (χ4n) is 3.05. The third-order valence-electron chi connectivity index (χ3n) is 4.27. The lowest BCUT2D eigenvalue weighted by atomic mass is 9.88. The Morgan fingerprint density at radius 2 is 1.75 bits per heavy atom. The molecule has 1 aliphatic rings. The van der Waals surface area contributed by atoms with E-state index in [1.807, 2.05) is 42.5 Å². The van der Waals surface area contributed by atoms with E-state index in [-0.39, 0.29) is 11.7 Å². The van der Waals surface area contributed by atoms with E-state index in [1.54, 1.807) is 7.11 Å². The molecule has 0 spiro atoms. The summed E-state index contributed by atoms with van der Waals surface area (Å²) >= 11 is 0. The molecule has 3 rings (SSSR count). The second-order valence-electron chi connectivity index (χ2n) is 5.40. The van der Waals surface area contributed by atoms with Gasteiger partial charge in [0.1, 0.15) is 5.75 Å². The number of methoxy groups -OCH3 is 1. The molecule has 0 saturated heterocycles. The maximum absolute atomic E-state index is 12.5. The Morgan fingerprint density at radius 3 is 2.40 bits per heavy atom. The van der Waals surface area contributed by atoms with E-state index in [0.29, 0.717) is 5.92 Å². The number of fused-ring (bicyclic) bond motifs is 1. The third kappa shape index (κ3) is 2.11. The average Bonchev–Trinajstić information content (AvgIpc) is 2.74. The molecule has 102 valence electrons. The minimum Gasteiger partial charge on any atom is -0.497 e. The number of benzene rings is 2. The Kier molecular flexibility index (Phi) is 3.31. The van der Waals surface area contributed by atoms with E-state index in [4.69, 9.17) is 4.74 Å². The lowest BCUT2D eigenvalue weighted by Crippen LogP contribution is -2.15. The van der Waals surface area contributed by atoms with Crippen molar-refractivity contribution in [3.05, 3.63) is 65.2 Å². The van der Waals surface area contributed by atoms with Crippen LogP contribution in [0.4, 0.5) is 0 Å².